The van der Waals surface area contributed by atoms with Crippen LogP contribution in [0.3, 0.4) is 0 Å². The van der Waals surface area contributed by atoms with E-state index in [0.717, 1.165) is 38.1 Å². The first-order valence-electron chi connectivity index (χ1n) is 15.0. The van der Waals surface area contributed by atoms with Gasteiger partial charge in [-0.3, -0.25) is 9.78 Å². The number of aromatic nitrogens is 1. The molecule has 0 spiro atoms. The van der Waals surface area contributed by atoms with Gasteiger partial charge in [-0.25, -0.2) is 0 Å². The van der Waals surface area contributed by atoms with Gasteiger partial charge in [-0.05, 0) is 43.9 Å². The molecular weight excluding hydrogens is 475 g/mol. The number of nitrogens with zero attached hydrogens (tertiary/aromatic N) is 2. The lowest BCUT2D eigenvalue weighted by Crippen LogP contribution is -2.40. The molecule has 1 amide bonds. The molecule has 1 aromatic rings. The Bertz CT molecular complexity index is 725. The Morgan fingerprint density at radius 1 is 1.00 bits per heavy atom. The number of nitrogens with one attached hydrogen (secondary N) is 1. The molecule has 2 heterocycles. The van der Waals surface area contributed by atoms with Crippen molar-refractivity contribution in [2.24, 2.45) is 5.92 Å². The maximum absolute atomic E-state index is 13.0. The molecule has 216 valence electrons. The third kappa shape index (κ3) is 12.6. The van der Waals surface area contributed by atoms with E-state index in [2.05, 4.69) is 17.2 Å². The number of carbonyl (C=O) groups is 1. The van der Waals surface area contributed by atoms with Gasteiger partial charge in [0.15, 0.2) is 0 Å². The van der Waals surface area contributed by atoms with Crippen LogP contribution in [0.15, 0.2) is 12.3 Å². The van der Waals surface area contributed by atoms with Crippen LogP contribution in [0.1, 0.15) is 129 Å². The van der Waals surface area contributed by atoms with Gasteiger partial charge in [0.1, 0.15) is 0 Å². The van der Waals surface area contributed by atoms with Gasteiger partial charge in [-0.1, -0.05) is 87.0 Å². The number of hydrogen-bond donors (Lipinski definition) is 1. The maximum atomic E-state index is 13.0. The number of pyridine rings is 1. The van der Waals surface area contributed by atoms with Crippen molar-refractivity contribution in [1.82, 2.24) is 15.2 Å². The van der Waals surface area contributed by atoms with Gasteiger partial charge in [0, 0.05) is 43.4 Å². The lowest BCUT2D eigenvalue weighted by molar-refractivity contribution is -0.137. The minimum absolute atomic E-state index is 0.0214. The zero-order chi connectivity index (χ0) is 28.3. The van der Waals surface area contributed by atoms with Gasteiger partial charge < -0.3 is 10.2 Å². The van der Waals surface area contributed by atoms with Crippen LogP contribution in [0.5, 0.6) is 0 Å². The number of hydrogen-bond acceptors (Lipinski definition) is 3. The topological polar surface area (TPSA) is 45.2 Å². The van der Waals surface area contributed by atoms with Crippen molar-refractivity contribution in [3.63, 3.8) is 0 Å². The van der Waals surface area contributed by atoms with Crippen LogP contribution in [-0.2, 0) is 23.9 Å². The second-order valence-electron chi connectivity index (χ2n) is 9.12. The summed E-state index contributed by atoms with van der Waals surface area (Å²) in [6.45, 7) is 16.0. The van der Waals surface area contributed by atoms with Crippen molar-refractivity contribution < 1.29 is 18.0 Å². The Hall–Kier alpha value is -1.63. The molecule has 1 aliphatic carbocycles. The highest BCUT2D eigenvalue weighted by atomic mass is 19.4. The lowest BCUT2D eigenvalue weighted by Gasteiger charge is -2.30. The summed E-state index contributed by atoms with van der Waals surface area (Å²) in [5.74, 6) is 0.0649. The third-order valence-corrected chi connectivity index (χ3v) is 6.67. The lowest BCUT2D eigenvalue weighted by atomic mass is 10.00. The third-order valence-electron chi connectivity index (χ3n) is 6.67. The van der Waals surface area contributed by atoms with Crippen LogP contribution in [0.25, 0.3) is 0 Å². The number of alkyl halides is 3. The van der Waals surface area contributed by atoms with E-state index < -0.39 is 11.7 Å². The van der Waals surface area contributed by atoms with E-state index in [9.17, 15) is 18.0 Å². The van der Waals surface area contributed by atoms with Crippen LogP contribution >= 0.6 is 0 Å². The normalized spacial score (nSPS) is 18.4. The molecule has 2 atom stereocenters. The molecule has 1 N–H and O–H groups in total. The Labute approximate surface area is 225 Å². The summed E-state index contributed by atoms with van der Waals surface area (Å²) in [5, 5.41) is 3.61. The SMILES string of the molecule is CC.CC.CC.CCCCCCCCCNC1CCC(C(=O)N2CCc3ncc(C(F)(F)F)cc3C2)C1. The van der Waals surface area contributed by atoms with Crippen LogP contribution < -0.4 is 5.32 Å². The number of amides is 1. The largest absolute Gasteiger partial charge is 0.417 e. The molecule has 0 aromatic carbocycles. The van der Waals surface area contributed by atoms with E-state index in [1.54, 1.807) is 4.90 Å². The number of carbonyl (C=O) groups excluding carboxylic acids is 1. The molecule has 4 nitrogen and oxygen atoms in total. The number of fused-ring (bicyclic) bond motifs is 1. The Balaban J connectivity index is 0.00000201. The van der Waals surface area contributed by atoms with Crippen LogP contribution in [-0.4, -0.2) is 34.9 Å². The van der Waals surface area contributed by atoms with E-state index in [4.69, 9.17) is 0 Å². The molecule has 0 saturated heterocycles. The predicted octanol–water partition coefficient (Wildman–Crippen LogP) is 8.57. The summed E-state index contributed by atoms with van der Waals surface area (Å²) < 4.78 is 39.0. The van der Waals surface area contributed by atoms with Gasteiger partial charge in [0.25, 0.3) is 0 Å². The second kappa shape index (κ2) is 20.3. The van der Waals surface area contributed by atoms with E-state index in [-0.39, 0.29) is 18.4 Å². The molecule has 37 heavy (non-hydrogen) atoms. The van der Waals surface area contributed by atoms with Gasteiger partial charge in [-0.15, -0.1) is 0 Å². The average molecular weight is 530 g/mol. The van der Waals surface area contributed by atoms with Crippen molar-refractivity contribution in [2.45, 2.75) is 138 Å². The first-order valence-corrected chi connectivity index (χ1v) is 15.0. The smallest absolute Gasteiger partial charge is 0.338 e. The van der Waals surface area contributed by atoms with Crippen LogP contribution in [0, 0.1) is 5.92 Å². The molecule has 0 bridgehead atoms. The second-order valence-corrected chi connectivity index (χ2v) is 9.12. The molecule has 2 aliphatic rings. The quantitative estimate of drug-likeness (QED) is 0.309. The monoisotopic (exact) mass is 529 g/mol. The summed E-state index contributed by atoms with van der Waals surface area (Å²) in [6, 6.07) is 1.54. The van der Waals surface area contributed by atoms with Crippen LogP contribution in [0.2, 0.25) is 0 Å². The average Bonchev–Trinajstić information content (AvgIpc) is 3.41. The Kier molecular flexibility index (Phi) is 19.5. The van der Waals surface area contributed by atoms with Gasteiger partial charge >= 0.3 is 6.18 Å². The highest BCUT2D eigenvalue weighted by molar-refractivity contribution is 5.79. The fourth-order valence-electron chi connectivity index (χ4n) is 4.81. The molecule has 1 aliphatic heterocycles. The number of halogens is 3. The Morgan fingerprint density at radius 3 is 2.24 bits per heavy atom. The zero-order valence-electron chi connectivity index (χ0n) is 24.6. The minimum atomic E-state index is -4.41. The van der Waals surface area contributed by atoms with Crippen molar-refractivity contribution in [3.05, 3.63) is 29.1 Å². The maximum Gasteiger partial charge on any atom is 0.417 e. The summed E-state index contributed by atoms with van der Waals surface area (Å²) >= 11 is 0. The van der Waals surface area contributed by atoms with Crippen LogP contribution in [0.4, 0.5) is 13.2 Å². The van der Waals surface area contributed by atoms with E-state index in [0.29, 0.717) is 30.3 Å². The zero-order valence-corrected chi connectivity index (χ0v) is 24.6. The van der Waals surface area contributed by atoms with Crippen molar-refractivity contribution in [2.75, 3.05) is 13.1 Å². The summed E-state index contributed by atoms with van der Waals surface area (Å²) in [4.78, 5) is 18.7. The number of unbranched alkanes of at least 4 members (excludes halogenated alkanes) is 6. The summed E-state index contributed by atoms with van der Waals surface area (Å²) in [7, 11) is 0. The highest BCUT2D eigenvalue weighted by Crippen LogP contribution is 2.32. The predicted molar refractivity (Wildman–Crippen MR) is 150 cm³/mol. The summed E-state index contributed by atoms with van der Waals surface area (Å²) in [5.41, 5.74) is 0.467. The fourth-order valence-corrected chi connectivity index (χ4v) is 4.81. The summed E-state index contributed by atoms with van der Waals surface area (Å²) in [6.07, 6.45) is 8.71. The fraction of sp³-hybridized carbons (Fsp3) is 0.800. The standard InChI is InChI=1S/C24H36F3N3O.3C2H6/c1-2-3-4-5-6-7-8-12-28-21-10-9-18(15-21)23(31)30-13-11-22-19(17-30)14-20(16-29-22)24(25,26)27;3*1-2/h14,16,18,21,28H,2-13,15,17H2,1H3;3*1-2H3. The van der Waals surface area contributed by atoms with Gasteiger partial charge in [0.2, 0.25) is 5.91 Å². The van der Waals surface area contributed by atoms with Crippen molar-refractivity contribution >= 4 is 5.91 Å². The van der Waals surface area contributed by atoms with Gasteiger partial charge in [-0.2, -0.15) is 13.2 Å². The van der Waals surface area contributed by atoms with E-state index >= 15 is 0 Å². The molecule has 0 radical (unpaired) electrons. The first-order chi connectivity index (χ1) is 17.9. The van der Waals surface area contributed by atoms with Crippen molar-refractivity contribution in [3.8, 4) is 0 Å². The minimum Gasteiger partial charge on any atom is -0.338 e. The van der Waals surface area contributed by atoms with Crippen molar-refractivity contribution in [1.29, 1.82) is 0 Å². The molecular formula is C30H54F3N3O. The molecule has 7 heteroatoms. The molecule has 1 fully saturated rings. The molecule has 1 saturated carbocycles. The van der Waals surface area contributed by atoms with E-state index in [1.165, 1.54) is 44.9 Å². The van der Waals surface area contributed by atoms with E-state index in [1.807, 2.05) is 41.5 Å². The first kappa shape index (κ1) is 35.4. The molecule has 2 unspecified atom stereocenters. The molecule has 1 aromatic heterocycles. The molecule has 3 rings (SSSR count). The number of rotatable bonds is 10. The Morgan fingerprint density at radius 2 is 1.62 bits per heavy atom. The highest BCUT2D eigenvalue weighted by Gasteiger charge is 2.35. The van der Waals surface area contributed by atoms with Gasteiger partial charge in [0.05, 0.1) is 5.56 Å².